The van der Waals surface area contributed by atoms with E-state index in [2.05, 4.69) is 5.10 Å². The maximum atomic E-state index is 14.7. The summed E-state index contributed by atoms with van der Waals surface area (Å²) in [7, 11) is 1.29. The number of carbonyl (C=O) groups excluding carboxylic acids is 1. The molecule has 140 valence electrons. The Labute approximate surface area is 156 Å². The lowest BCUT2D eigenvalue weighted by atomic mass is 9.94. The highest BCUT2D eigenvalue weighted by atomic mass is 35.5. The highest BCUT2D eigenvalue weighted by Gasteiger charge is 2.30. The van der Waals surface area contributed by atoms with Gasteiger partial charge in [0.15, 0.2) is 0 Å². The summed E-state index contributed by atoms with van der Waals surface area (Å²) in [6, 6.07) is 7.69. The van der Waals surface area contributed by atoms with Crippen molar-refractivity contribution >= 4 is 17.5 Å². The summed E-state index contributed by atoms with van der Waals surface area (Å²) in [4.78, 5) is 11.8. The number of hydrogen-bond acceptors (Lipinski definition) is 2. The molecule has 27 heavy (non-hydrogen) atoms. The van der Waals surface area contributed by atoms with Gasteiger partial charge >= 0.3 is 0 Å². The van der Waals surface area contributed by atoms with Crippen molar-refractivity contribution in [1.82, 2.24) is 9.78 Å². The van der Waals surface area contributed by atoms with Gasteiger partial charge in [-0.2, -0.15) is 5.10 Å². The van der Waals surface area contributed by atoms with Crippen molar-refractivity contribution in [3.05, 3.63) is 64.3 Å². The molecule has 4 nitrogen and oxygen atoms in total. The third-order valence-corrected chi connectivity index (χ3v) is 4.30. The van der Waals surface area contributed by atoms with Crippen LogP contribution in [0.5, 0.6) is 0 Å². The second-order valence-electron chi connectivity index (χ2n) is 5.69. The molecule has 0 atom stereocenters. The molecular weight excluding hydrogens is 386 g/mol. The van der Waals surface area contributed by atoms with Crippen molar-refractivity contribution in [3.63, 3.8) is 0 Å². The van der Waals surface area contributed by atoms with E-state index in [9.17, 15) is 22.4 Å². The zero-order valence-corrected chi connectivity index (χ0v) is 14.6. The third kappa shape index (κ3) is 3.28. The lowest BCUT2D eigenvalue weighted by Crippen LogP contribution is -2.14. The van der Waals surface area contributed by atoms with Gasteiger partial charge in [0, 0.05) is 12.6 Å². The number of halogens is 5. The van der Waals surface area contributed by atoms with Gasteiger partial charge in [-0.15, -0.1) is 0 Å². The Balaban J connectivity index is 2.37. The van der Waals surface area contributed by atoms with Crippen molar-refractivity contribution in [3.8, 4) is 22.4 Å². The van der Waals surface area contributed by atoms with Gasteiger partial charge in [0.25, 0.3) is 12.3 Å². The molecule has 0 unspecified atom stereocenters. The summed E-state index contributed by atoms with van der Waals surface area (Å²) in [5.74, 6) is -2.63. The van der Waals surface area contributed by atoms with Crippen LogP contribution in [-0.4, -0.2) is 15.7 Å². The smallest absolute Gasteiger partial charge is 0.282 e. The van der Waals surface area contributed by atoms with E-state index in [1.807, 2.05) is 0 Å². The number of rotatable bonds is 4. The van der Waals surface area contributed by atoms with E-state index in [4.69, 9.17) is 17.3 Å². The van der Waals surface area contributed by atoms with Crippen molar-refractivity contribution in [1.29, 1.82) is 0 Å². The number of primary amides is 1. The van der Waals surface area contributed by atoms with Crippen LogP contribution < -0.4 is 5.73 Å². The quantitative estimate of drug-likeness (QED) is 0.647. The molecule has 3 rings (SSSR count). The SMILES string of the molecule is Cn1nc(C(F)F)c(C(N)=O)c1-c1c(F)cccc1-c1ccc(F)c(Cl)c1. The average Bonchev–Trinajstić information content (AvgIpc) is 2.95. The van der Waals surface area contributed by atoms with E-state index in [-0.39, 0.29) is 21.8 Å². The molecule has 0 aliphatic carbocycles. The minimum absolute atomic E-state index is 0.170. The fourth-order valence-corrected chi connectivity index (χ4v) is 3.08. The first-order valence-electron chi connectivity index (χ1n) is 7.61. The number of nitrogens with zero attached hydrogens (tertiary/aromatic N) is 2. The van der Waals surface area contributed by atoms with Gasteiger partial charge in [-0.1, -0.05) is 29.8 Å². The molecule has 9 heteroatoms. The molecule has 2 N–H and O–H groups in total. The Kier molecular flexibility index (Phi) is 4.93. The van der Waals surface area contributed by atoms with Crippen molar-refractivity contribution < 1.29 is 22.4 Å². The first-order chi connectivity index (χ1) is 12.7. The molecule has 0 saturated heterocycles. The zero-order valence-electron chi connectivity index (χ0n) is 13.8. The highest BCUT2D eigenvalue weighted by molar-refractivity contribution is 6.31. The van der Waals surface area contributed by atoms with Crippen LogP contribution in [0.4, 0.5) is 17.6 Å². The first-order valence-corrected chi connectivity index (χ1v) is 7.99. The Morgan fingerprint density at radius 2 is 1.89 bits per heavy atom. The van der Waals surface area contributed by atoms with E-state index >= 15 is 0 Å². The highest BCUT2D eigenvalue weighted by Crippen LogP contribution is 2.39. The minimum Gasteiger partial charge on any atom is -0.365 e. The van der Waals surface area contributed by atoms with Crippen LogP contribution in [0.3, 0.4) is 0 Å². The number of benzene rings is 2. The van der Waals surface area contributed by atoms with Gasteiger partial charge in [-0.25, -0.2) is 17.6 Å². The van der Waals surface area contributed by atoms with Crippen LogP contribution in [0.15, 0.2) is 36.4 Å². The van der Waals surface area contributed by atoms with Gasteiger partial charge in [-0.05, 0) is 29.3 Å². The summed E-state index contributed by atoms with van der Waals surface area (Å²) >= 11 is 5.80. The Morgan fingerprint density at radius 3 is 2.48 bits per heavy atom. The predicted molar refractivity (Wildman–Crippen MR) is 92.5 cm³/mol. The molecule has 0 radical (unpaired) electrons. The largest absolute Gasteiger partial charge is 0.365 e. The van der Waals surface area contributed by atoms with Crippen LogP contribution in [0.1, 0.15) is 22.5 Å². The third-order valence-electron chi connectivity index (χ3n) is 4.01. The van der Waals surface area contributed by atoms with Gasteiger partial charge in [0.2, 0.25) is 0 Å². The maximum absolute atomic E-state index is 14.7. The normalized spacial score (nSPS) is 11.2. The van der Waals surface area contributed by atoms with Crippen LogP contribution in [-0.2, 0) is 7.05 Å². The van der Waals surface area contributed by atoms with E-state index < -0.39 is 35.2 Å². The fraction of sp³-hybridized carbons (Fsp3) is 0.111. The van der Waals surface area contributed by atoms with Crippen molar-refractivity contribution in [2.24, 2.45) is 12.8 Å². The summed E-state index contributed by atoms with van der Waals surface area (Å²) in [6.45, 7) is 0. The molecule has 1 aromatic heterocycles. The molecule has 0 aliphatic heterocycles. The number of carbonyl (C=O) groups is 1. The van der Waals surface area contributed by atoms with Gasteiger partial charge in [-0.3, -0.25) is 9.48 Å². The van der Waals surface area contributed by atoms with Gasteiger partial charge in [0.1, 0.15) is 17.3 Å². The zero-order chi connectivity index (χ0) is 19.9. The summed E-state index contributed by atoms with van der Waals surface area (Å²) < 4.78 is 55.8. The molecule has 1 amide bonds. The number of aromatic nitrogens is 2. The van der Waals surface area contributed by atoms with Crippen LogP contribution in [0.25, 0.3) is 22.4 Å². The monoisotopic (exact) mass is 397 g/mol. The van der Waals surface area contributed by atoms with E-state index in [0.717, 1.165) is 16.8 Å². The lowest BCUT2D eigenvalue weighted by Gasteiger charge is -2.13. The molecular formula is C18H12ClF4N3O. The number of aryl methyl sites for hydroxylation is 1. The van der Waals surface area contributed by atoms with Crippen molar-refractivity contribution in [2.75, 3.05) is 0 Å². The Hall–Kier alpha value is -2.87. The van der Waals surface area contributed by atoms with Crippen LogP contribution >= 0.6 is 11.6 Å². The maximum Gasteiger partial charge on any atom is 0.282 e. The lowest BCUT2D eigenvalue weighted by molar-refractivity contribution is 0.0985. The molecule has 2 aromatic carbocycles. The molecule has 0 spiro atoms. The number of hydrogen-bond donors (Lipinski definition) is 1. The first kappa shape index (κ1) is 18.9. The van der Waals surface area contributed by atoms with Gasteiger partial charge in [0.05, 0.1) is 16.3 Å². The Morgan fingerprint density at radius 1 is 1.19 bits per heavy atom. The van der Waals surface area contributed by atoms with Crippen LogP contribution in [0, 0.1) is 11.6 Å². The predicted octanol–water partition coefficient (Wildman–Crippen LogP) is 4.72. The van der Waals surface area contributed by atoms with E-state index in [1.165, 1.54) is 31.3 Å². The fourth-order valence-electron chi connectivity index (χ4n) is 2.90. The molecule has 1 heterocycles. The topological polar surface area (TPSA) is 60.9 Å². The molecule has 0 fully saturated rings. The standard InChI is InChI=1S/C18H12ClF4N3O/c1-26-16(14(18(24)27)15(25-26)17(22)23)13-9(3-2-4-12(13)21)8-5-6-11(20)10(19)7-8/h2-7,17H,1H3,(H2,24,27). The number of alkyl halides is 2. The Bertz CT molecular complexity index is 1050. The van der Waals surface area contributed by atoms with Gasteiger partial charge < -0.3 is 5.73 Å². The van der Waals surface area contributed by atoms with E-state index in [0.29, 0.717) is 5.56 Å². The minimum atomic E-state index is -3.08. The second-order valence-corrected chi connectivity index (χ2v) is 6.10. The summed E-state index contributed by atoms with van der Waals surface area (Å²) in [5, 5.41) is 3.43. The summed E-state index contributed by atoms with van der Waals surface area (Å²) in [5.41, 5.74) is 4.01. The average molecular weight is 398 g/mol. The molecule has 0 saturated carbocycles. The molecule has 0 bridgehead atoms. The number of nitrogens with two attached hydrogens (primary N) is 1. The van der Waals surface area contributed by atoms with Crippen LogP contribution in [0.2, 0.25) is 5.02 Å². The number of amides is 1. The van der Waals surface area contributed by atoms with E-state index in [1.54, 1.807) is 0 Å². The molecule has 3 aromatic rings. The summed E-state index contributed by atoms with van der Waals surface area (Å²) in [6.07, 6.45) is -3.08. The molecule has 0 aliphatic rings. The second kappa shape index (κ2) is 7.03. The van der Waals surface area contributed by atoms with Crippen molar-refractivity contribution in [2.45, 2.75) is 6.43 Å².